The van der Waals surface area contributed by atoms with Gasteiger partial charge in [-0.05, 0) is 31.7 Å². The Morgan fingerprint density at radius 3 is 2.86 bits per heavy atom. The van der Waals surface area contributed by atoms with Crippen LogP contribution in [0, 0.1) is 5.92 Å². The van der Waals surface area contributed by atoms with Crippen molar-refractivity contribution < 1.29 is 4.74 Å². The molecule has 0 aromatic carbocycles. The van der Waals surface area contributed by atoms with Gasteiger partial charge in [0.2, 0.25) is 0 Å². The average molecular weight is 197 g/mol. The molecule has 1 saturated heterocycles. The molecular weight excluding hydrogens is 174 g/mol. The average Bonchev–Trinajstić information content (AvgIpc) is 2.71. The minimum Gasteiger partial charge on any atom is -0.374 e. The van der Waals surface area contributed by atoms with Gasteiger partial charge < -0.3 is 10.1 Å². The molecule has 2 aliphatic rings. The topological polar surface area (TPSA) is 21.3 Å². The smallest absolute Gasteiger partial charge is 0.0715 e. The van der Waals surface area contributed by atoms with Crippen molar-refractivity contribution in [2.24, 2.45) is 5.92 Å². The predicted octanol–water partition coefficient (Wildman–Crippen LogP) is 2.33. The number of hydrogen-bond acceptors (Lipinski definition) is 2. The molecule has 1 aliphatic carbocycles. The molecule has 2 fully saturated rings. The van der Waals surface area contributed by atoms with Crippen LogP contribution in [0.25, 0.3) is 0 Å². The Morgan fingerprint density at radius 2 is 2.14 bits per heavy atom. The van der Waals surface area contributed by atoms with E-state index in [0.717, 1.165) is 19.0 Å². The number of hydrogen-bond donors (Lipinski definition) is 1. The fourth-order valence-corrected chi connectivity index (χ4v) is 2.75. The highest BCUT2D eigenvalue weighted by Crippen LogP contribution is 2.29. The Kier molecular flexibility index (Phi) is 3.82. The summed E-state index contributed by atoms with van der Waals surface area (Å²) in [6, 6.07) is 0. The molecule has 0 aromatic rings. The molecule has 2 rings (SSSR count). The van der Waals surface area contributed by atoms with Gasteiger partial charge in [0, 0.05) is 6.54 Å². The lowest BCUT2D eigenvalue weighted by molar-refractivity contribution is -0.0314. The van der Waals surface area contributed by atoms with Gasteiger partial charge in [-0.3, -0.25) is 0 Å². The van der Waals surface area contributed by atoms with Gasteiger partial charge in [-0.1, -0.05) is 26.2 Å². The van der Waals surface area contributed by atoms with E-state index < -0.39 is 0 Å². The van der Waals surface area contributed by atoms with Crippen LogP contribution in [0.3, 0.4) is 0 Å². The Morgan fingerprint density at radius 1 is 1.21 bits per heavy atom. The maximum Gasteiger partial charge on any atom is 0.0715 e. The highest BCUT2D eigenvalue weighted by molar-refractivity contribution is 4.77. The van der Waals surface area contributed by atoms with Crippen molar-refractivity contribution >= 4 is 0 Å². The zero-order valence-electron chi connectivity index (χ0n) is 9.30. The van der Waals surface area contributed by atoms with E-state index in [1.807, 2.05) is 0 Å². The molecule has 1 aliphatic heterocycles. The monoisotopic (exact) mass is 197 g/mol. The summed E-state index contributed by atoms with van der Waals surface area (Å²) in [5.41, 5.74) is 0. The Labute approximate surface area is 87.4 Å². The molecule has 2 heteroatoms. The van der Waals surface area contributed by atoms with E-state index in [4.69, 9.17) is 4.74 Å². The van der Waals surface area contributed by atoms with Crippen LogP contribution >= 0.6 is 0 Å². The minimum atomic E-state index is 0.510. The van der Waals surface area contributed by atoms with Gasteiger partial charge in [0.1, 0.15) is 0 Å². The van der Waals surface area contributed by atoms with Gasteiger partial charge in [0.25, 0.3) is 0 Å². The largest absolute Gasteiger partial charge is 0.374 e. The van der Waals surface area contributed by atoms with Crippen LogP contribution in [0.1, 0.15) is 45.4 Å². The molecule has 0 aromatic heterocycles. The van der Waals surface area contributed by atoms with Crippen molar-refractivity contribution in [2.75, 3.05) is 13.1 Å². The van der Waals surface area contributed by atoms with E-state index in [0.29, 0.717) is 12.2 Å². The SMILES string of the molecule is CCC1CCCC(O[C@H]2CCNC2)C1. The molecule has 2 nitrogen and oxygen atoms in total. The van der Waals surface area contributed by atoms with E-state index in [-0.39, 0.29) is 0 Å². The maximum absolute atomic E-state index is 6.12. The van der Waals surface area contributed by atoms with E-state index in [9.17, 15) is 0 Å². The van der Waals surface area contributed by atoms with Crippen molar-refractivity contribution in [2.45, 2.75) is 57.7 Å². The molecule has 0 spiro atoms. The molecule has 1 heterocycles. The first-order valence-corrected chi connectivity index (χ1v) is 6.24. The molecule has 0 bridgehead atoms. The fourth-order valence-electron chi connectivity index (χ4n) is 2.75. The second-order valence-electron chi connectivity index (χ2n) is 4.81. The lowest BCUT2D eigenvalue weighted by atomic mass is 9.85. The van der Waals surface area contributed by atoms with Gasteiger partial charge in [-0.25, -0.2) is 0 Å². The highest BCUT2D eigenvalue weighted by Gasteiger charge is 2.25. The van der Waals surface area contributed by atoms with E-state index in [1.165, 1.54) is 38.5 Å². The summed E-state index contributed by atoms with van der Waals surface area (Å²) in [7, 11) is 0. The number of rotatable bonds is 3. The molecule has 2 unspecified atom stereocenters. The van der Waals surface area contributed by atoms with Crippen LogP contribution in [0.4, 0.5) is 0 Å². The zero-order valence-corrected chi connectivity index (χ0v) is 9.30. The standard InChI is InChI=1S/C12H23NO/c1-2-10-4-3-5-11(8-10)14-12-6-7-13-9-12/h10-13H,2-9H2,1H3/t10?,11?,12-/m0/s1. The fraction of sp³-hybridized carbons (Fsp3) is 1.00. The van der Waals surface area contributed by atoms with Crippen molar-refractivity contribution in [3.8, 4) is 0 Å². The van der Waals surface area contributed by atoms with Gasteiger partial charge in [-0.15, -0.1) is 0 Å². The molecule has 1 saturated carbocycles. The van der Waals surface area contributed by atoms with Gasteiger partial charge in [-0.2, -0.15) is 0 Å². The van der Waals surface area contributed by atoms with Crippen molar-refractivity contribution in [1.82, 2.24) is 5.32 Å². The molecule has 82 valence electrons. The second-order valence-corrected chi connectivity index (χ2v) is 4.81. The summed E-state index contributed by atoms with van der Waals surface area (Å²) in [5.74, 6) is 0.933. The molecular formula is C12H23NO. The quantitative estimate of drug-likeness (QED) is 0.750. The van der Waals surface area contributed by atoms with Crippen LogP contribution in [0.2, 0.25) is 0 Å². The normalized spacial score (nSPS) is 38.8. The first kappa shape index (κ1) is 10.4. The zero-order chi connectivity index (χ0) is 9.80. The second kappa shape index (κ2) is 5.13. The summed E-state index contributed by atoms with van der Waals surface area (Å²) in [4.78, 5) is 0. The van der Waals surface area contributed by atoms with Gasteiger partial charge >= 0.3 is 0 Å². The van der Waals surface area contributed by atoms with Crippen LogP contribution in [0.5, 0.6) is 0 Å². The molecule has 0 radical (unpaired) electrons. The predicted molar refractivity (Wildman–Crippen MR) is 58.4 cm³/mol. The number of ether oxygens (including phenoxy) is 1. The van der Waals surface area contributed by atoms with E-state index in [2.05, 4.69) is 12.2 Å². The minimum absolute atomic E-state index is 0.510. The Balaban J connectivity index is 1.73. The first-order chi connectivity index (χ1) is 6.88. The summed E-state index contributed by atoms with van der Waals surface area (Å²) in [6.07, 6.45) is 9.05. The number of nitrogens with one attached hydrogen (secondary N) is 1. The maximum atomic E-state index is 6.12. The van der Waals surface area contributed by atoms with E-state index >= 15 is 0 Å². The summed E-state index contributed by atoms with van der Waals surface area (Å²) < 4.78 is 6.12. The molecule has 1 N–H and O–H groups in total. The van der Waals surface area contributed by atoms with Gasteiger partial charge in [0.05, 0.1) is 12.2 Å². The highest BCUT2D eigenvalue weighted by atomic mass is 16.5. The van der Waals surface area contributed by atoms with Crippen molar-refractivity contribution in [1.29, 1.82) is 0 Å². The van der Waals surface area contributed by atoms with Crippen molar-refractivity contribution in [3.63, 3.8) is 0 Å². The van der Waals surface area contributed by atoms with Crippen molar-refractivity contribution in [3.05, 3.63) is 0 Å². The van der Waals surface area contributed by atoms with Crippen LogP contribution in [-0.4, -0.2) is 25.3 Å². The third-order valence-electron chi connectivity index (χ3n) is 3.71. The summed E-state index contributed by atoms with van der Waals surface area (Å²) >= 11 is 0. The molecule has 14 heavy (non-hydrogen) atoms. The molecule has 3 atom stereocenters. The van der Waals surface area contributed by atoms with Crippen LogP contribution in [0.15, 0.2) is 0 Å². The van der Waals surface area contributed by atoms with Gasteiger partial charge in [0.15, 0.2) is 0 Å². The van der Waals surface area contributed by atoms with Crippen LogP contribution in [-0.2, 0) is 4.74 Å². The van der Waals surface area contributed by atoms with E-state index in [1.54, 1.807) is 0 Å². The third-order valence-corrected chi connectivity index (χ3v) is 3.71. The van der Waals surface area contributed by atoms with Crippen LogP contribution < -0.4 is 5.32 Å². The Bertz CT molecular complexity index is 166. The lowest BCUT2D eigenvalue weighted by Crippen LogP contribution is -2.28. The Hall–Kier alpha value is -0.0800. The summed E-state index contributed by atoms with van der Waals surface area (Å²) in [5, 5.41) is 3.36. The third kappa shape index (κ3) is 2.71. The molecule has 0 amide bonds. The lowest BCUT2D eigenvalue weighted by Gasteiger charge is -2.30. The summed E-state index contributed by atoms with van der Waals surface area (Å²) in [6.45, 7) is 4.53. The first-order valence-electron chi connectivity index (χ1n) is 6.24.